The van der Waals surface area contributed by atoms with Crippen LogP contribution in [0.4, 0.5) is 4.79 Å². The van der Waals surface area contributed by atoms with Gasteiger partial charge in [-0.2, -0.15) is 0 Å². The maximum absolute atomic E-state index is 12.0. The second-order valence-corrected chi connectivity index (χ2v) is 6.56. The van der Waals surface area contributed by atoms with Gasteiger partial charge in [0.25, 0.3) is 0 Å². The Balaban J connectivity index is 1.89. The number of amides is 2. The molecule has 0 radical (unpaired) electrons. The fourth-order valence-electron chi connectivity index (χ4n) is 4.22. The molecule has 0 saturated heterocycles. The first-order chi connectivity index (χ1) is 8.50. The Kier molecular flexibility index (Phi) is 3.88. The second-order valence-electron chi connectivity index (χ2n) is 6.56. The van der Waals surface area contributed by atoms with Crippen molar-refractivity contribution in [3.8, 4) is 0 Å². The molecule has 0 spiro atoms. The monoisotopic (exact) mass is 252 g/mol. The van der Waals surface area contributed by atoms with Gasteiger partial charge < -0.3 is 10.2 Å². The molecule has 2 rings (SSSR count). The van der Waals surface area contributed by atoms with Gasteiger partial charge in [-0.05, 0) is 56.3 Å². The first-order valence-corrected chi connectivity index (χ1v) is 7.53. The highest BCUT2D eigenvalue weighted by Crippen LogP contribution is 2.58. The quantitative estimate of drug-likeness (QED) is 0.819. The number of carbonyl (C=O) groups excluding carboxylic acids is 1. The molecule has 0 heterocycles. The van der Waals surface area contributed by atoms with E-state index in [0.717, 1.165) is 31.5 Å². The number of carbonyl (C=O) groups is 1. The Bertz CT molecular complexity index is 310. The van der Waals surface area contributed by atoms with Gasteiger partial charge in [0.05, 0.1) is 0 Å². The lowest BCUT2D eigenvalue weighted by atomic mass is 9.69. The summed E-state index contributed by atoms with van der Waals surface area (Å²) in [6.07, 6.45) is 4.16. The average Bonchev–Trinajstić information content (AvgIpc) is 2.87. The lowest BCUT2D eigenvalue weighted by Crippen LogP contribution is -2.45. The summed E-state index contributed by atoms with van der Waals surface area (Å²) in [6.45, 7) is 11.3. The Morgan fingerprint density at radius 3 is 2.44 bits per heavy atom. The molecule has 2 aliphatic rings. The molecule has 3 atom stereocenters. The summed E-state index contributed by atoms with van der Waals surface area (Å²) in [7, 11) is 0. The zero-order chi connectivity index (χ0) is 13.3. The highest BCUT2D eigenvalue weighted by molar-refractivity contribution is 5.74. The van der Waals surface area contributed by atoms with E-state index in [4.69, 9.17) is 0 Å². The van der Waals surface area contributed by atoms with Gasteiger partial charge in [0.1, 0.15) is 0 Å². The van der Waals surface area contributed by atoms with Crippen LogP contribution in [0.5, 0.6) is 0 Å². The predicted octanol–water partition coefficient (Wildman–Crippen LogP) is 3.11. The van der Waals surface area contributed by atoms with Gasteiger partial charge in [0.15, 0.2) is 0 Å². The van der Waals surface area contributed by atoms with Gasteiger partial charge >= 0.3 is 6.03 Å². The van der Waals surface area contributed by atoms with Gasteiger partial charge in [-0.25, -0.2) is 4.79 Å². The molecule has 104 valence electrons. The van der Waals surface area contributed by atoms with Crippen LogP contribution < -0.4 is 5.32 Å². The third kappa shape index (κ3) is 2.24. The third-order valence-electron chi connectivity index (χ3n) is 5.57. The highest BCUT2D eigenvalue weighted by Gasteiger charge is 2.52. The number of rotatable bonds is 4. The summed E-state index contributed by atoms with van der Waals surface area (Å²) in [5.74, 6) is 2.41. The number of hydrogen-bond donors (Lipinski definition) is 1. The normalized spacial score (nSPS) is 32.6. The van der Waals surface area contributed by atoms with Crippen LogP contribution in [0.2, 0.25) is 0 Å². The van der Waals surface area contributed by atoms with Crippen LogP contribution >= 0.6 is 0 Å². The van der Waals surface area contributed by atoms with Crippen molar-refractivity contribution in [3.63, 3.8) is 0 Å². The van der Waals surface area contributed by atoms with E-state index < -0.39 is 0 Å². The maximum atomic E-state index is 12.0. The van der Waals surface area contributed by atoms with Gasteiger partial charge in [-0.15, -0.1) is 0 Å². The van der Waals surface area contributed by atoms with Crippen molar-refractivity contribution < 1.29 is 4.79 Å². The Morgan fingerprint density at radius 1 is 1.28 bits per heavy atom. The predicted molar refractivity (Wildman–Crippen MR) is 74.4 cm³/mol. The molecule has 2 fully saturated rings. The van der Waals surface area contributed by atoms with Gasteiger partial charge in [0, 0.05) is 19.6 Å². The lowest BCUT2D eigenvalue weighted by Gasteiger charge is -2.38. The van der Waals surface area contributed by atoms with Crippen LogP contribution in [-0.2, 0) is 0 Å². The van der Waals surface area contributed by atoms with Crippen LogP contribution in [0.15, 0.2) is 0 Å². The minimum atomic E-state index is 0.110. The van der Waals surface area contributed by atoms with Crippen molar-refractivity contribution in [3.05, 3.63) is 0 Å². The average molecular weight is 252 g/mol. The summed E-state index contributed by atoms with van der Waals surface area (Å²) in [5.41, 5.74) is 0.416. The standard InChI is InChI=1S/C15H28N2O/c1-5-17(6-2)14(18)16-10-13-11-7-8-12(9-11)15(13,3)4/h11-13H,5-10H2,1-4H3,(H,16,18)/t11-,12+,13+/m1/s1. The fourth-order valence-corrected chi connectivity index (χ4v) is 4.22. The lowest BCUT2D eigenvalue weighted by molar-refractivity contribution is 0.119. The van der Waals surface area contributed by atoms with E-state index in [9.17, 15) is 4.79 Å². The number of urea groups is 1. The fraction of sp³-hybridized carbons (Fsp3) is 0.933. The van der Waals surface area contributed by atoms with Gasteiger partial charge in [-0.1, -0.05) is 13.8 Å². The van der Waals surface area contributed by atoms with Crippen LogP contribution in [0.1, 0.15) is 47.0 Å². The largest absolute Gasteiger partial charge is 0.338 e. The summed E-state index contributed by atoms with van der Waals surface area (Å²) in [5, 5.41) is 3.15. The summed E-state index contributed by atoms with van der Waals surface area (Å²) < 4.78 is 0. The molecule has 1 N–H and O–H groups in total. The molecule has 0 unspecified atom stereocenters. The van der Waals surface area contributed by atoms with Crippen LogP contribution in [-0.4, -0.2) is 30.6 Å². The smallest absolute Gasteiger partial charge is 0.317 e. The van der Waals surface area contributed by atoms with Crippen LogP contribution in [0, 0.1) is 23.2 Å². The number of nitrogens with one attached hydrogen (secondary N) is 1. The number of hydrogen-bond acceptors (Lipinski definition) is 1. The molecule has 18 heavy (non-hydrogen) atoms. The van der Waals surface area contributed by atoms with E-state index in [2.05, 4.69) is 19.2 Å². The second kappa shape index (κ2) is 5.10. The molecule has 2 amide bonds. The molecule has 2 saturated carbocycles. The van der Waals surface area contributed by atoms with Gasteiger partial charge in [0.2, 0.25) is 0 Å². The summed E-state index contributed by atoms with van der Waals surface area (Å²) >= 11 is 0. The molecule has 3 nitrogen and oxygen atoms in total. The summed E-state index contributed by atoms with van der Waals surface area (Å²) in [6, 6.07) is 0.110. The molecule has 0 aliphatic heterocycles. The molecule has 2 aliphatic carbocycles. The van der Waals surface area contributed by atoms with Crippen molar-refractivity contribution in [2.24, 2.45) is 23.2 Å². The van der Waals surface area contributed by atoms with Gasteiger partial charge in [-0.3, -0.25) is 0 Å². The zero-order valence-corrected chi connectivity index (χ0v) is 12.3. The minimum absolute atomic E-state index is 0.110. The van der Waals surface area contributed by atoms with Crippen molar-refractivity contribution in [1.82, 2.24) is 10.2 Å². The van der Waals surface area contributed by atoms with Crippen molar-refractivity contribution in [2.75, 3.05) is 19.6 Å². The van der Waals surface area contributed by atoms with E-state index in [0.29, 0.717) is 11.3 Å². The number of nitrogens with zero attached hydrogens (tertiary/aromatic N) is 1. The zero-order valence-electron chi connectivity index (χ0n) is 12.3. The minimum Gasteiger partial charge on any atom is -0.338 e. The van der Waals surface area contributed by atoms with Crippen LogP contribution in [0.3, 0.4) is 0 Å². The van der Waals surface area contributed by atoms with Crippen LogP contribution in [0.25, 0.3) is 0 Å². The topological polar surface area (TPSA) is 32.3 Å². The molecule has 3 heteroatoms. The van der Waals surface area contributed by atoms with E-state index in [1.165, 1.54) is 19.3 Å². The van der Waals surface area contributed by atoms with Crippen molar-refractivity contribution in [2.45, 2.75) is 47.0 Å². The Labute approximate surface area is 111 Å². The van der Waals surface area contributed by atoms with E-state index >= 15 is 0 Å². The van der Waals surface area contributed by atoms with Crippen molar-refractivity contribution >= 4 is 6.03 Å². The molecule has 0 aromatic rings. The first-order valence-electron chi connectivity index (χ1n) is 7.53. The SMILES string of the molecule is CCN(CC)C(=O)NC[C@H]1[C@@H]2CC[C@@H](C2)C1(C)C. The molecule has 0 aromatic heterocycles. The first kappa shape index (κ1) is 13.7. The van der Waals surface area contributed by atoms with Crippen molar-refractivity contribution in [1.29, 1.82) is 0 Å². The van der Waals surface area contributed by atoms with E-state index in [-0.39, 0.29) is 6.03 Å². The number of fused-ring (bicyclic) bond motifs is 2. The Morgan fingerprint density at radius 2 is 1.94 bits per heavy atom. The molecular formula is C15H28N2O. The maximum Gasteiger partial charge on any atom is 0.317 e. The molecule has 2 bridgehead atoms. The molecular weight excluding hydrogens is 224 g/mol. The Hall–Kier alpha value is -0.730. The third-order valence-corrected chi connectivity index (χ3v) is 5.57. The summed E-state index contributed by atoms with van der Waals surface area (Å²) in [4.78, 5) is 13.9. The van der Waals surface area contributed by atoms with E-state index in [1.807, 2.05) is 18.7 Å². The highest BCUT2D eigenvalue weighted by atomic mass is 16.2. The van der Waals surface area contributed by atoms with E-state index in [1.54, 1.807) is 0 Å². The molecule has 0 aromatic carbocycles.